The standard InChI is InChI=1S/C10H7N3O4/c14-10(15)12-5-9(11-6-12)7-1-3-8(4-2-7)13(16)17/h1-6H,(H,14,15). The minimum absolute atomic E-state index is 0.0218. The van der Waals surface area contributed by atoms with Crippen LogP contribution in [0.1, 0.15) is 0 Å². The lowest BCUT2D eigenvalue weighted by atomic mass is 10.1. The summed E-state index contributed by atoms with van der Waals surface area (Å²) in [6.07, 6.45) is 1.37. The fraction of sp³-hybridized carbons (Fsp3) is 0. The molecule has 7 nitrogen and oxygen atoms in total. The first-order valence-electron chi connectivity index (χ1n) is 4.60. The van der Waals surface area contributed by atoms with Crippen molar-refractivity contribution in [2.45, 2.75) is 0 Å². The maximum absolute atomic E-state index is 10.6. The maximum atomic E-state index is 10.6. The molecule has 0 fully saturated rings. The summed E-state index contributed by atoms with van der Waals surface area (Å²) in [5.41, 5.74) is 1.05. The van der Waals surface area contributed by atoms with E-state index in [9.17, 15) is 14.9 Å². The predicted molar refractivity (Wildman–Crippen MR) is 57.7 cm³/mol. The Labute approximate surface area is 95.1 Å². The van der Waals surface area contributed by atoms with Gasteiger partial charge in [0.25, 0.3) is 5.69 Å². The van der Waals surface area contributed by atoms with Gasteiger partial charge in [0.05, 0.1) is 10.6 Å². The van der Waals surface area contributed by atoms with Crippen molar-refractivity contribution in [1.29, 1.82) is 0 Å². The minimum atomic E-state index is -1.13. The Morgan fingerprint density at radius 1 is 1.35 bits per heavy atom. The molecule has 0 bridgehead atoms. The van der Waals surface area contributed by atoms with Gasteiger partial charge in [-0.25, -0.2) is 14.3 Å². The first-order valence-corrected chi connectivity index (χ1v) is 4.60. The van der Waals surface area contributed by atoms with Crippen LogP contribution < -0.4 is 0 Å². The molecule has 1 N–H and O–H groups in total. The molecule has 1 heterocycles. The Bertz CT molecular complexity index is 573. The number of carbonyl (C=O) groups is 1. The number of hydrogen-bond donors (Lipinski definition) is 1. The second-order valence-electron chi connectivity index (χ2n) is 3.25. The average molecular weight is 233 g/mol. The molecule has 2 rings (SSSR count). The third-order valence-electron chi connectivity index (χ3n) is 2.18. The fourth-order valence-corrected chi connectivity index (χ4v) is 1.33. The van der Waals surface area contributed by atoms with Crippen molar-refractivity contribution >= 4 is 11.8 Å². The van der Waals surface area contributed by atoms with Crippen LogP contribution in [0.3, 0.4) is 0 Å². The fourth-order valence-electron chi connectivity index (χ4n) is 1.33. The monoisotopic (exact) mass is 233 g/mol. The molecule has 0 saturated heterocycles. The van der Waals surface area contributed by atoms with Crippen molar-refractivity contribution in [2.24, 2.45) is 0 Å². The number of nitro benzene ring substituents is 1. The number of nitrogens with zero attached hydrogens (tertiary/aromatic N) is 3. The van der Waals surface area contributed by atoms with Crippen LogP contribution in [0.25, 0.3) is 11.3 Å². The van der Waals surface area contributed by atoms with E-state index in [0.717, 1.165) is 4.57 Å². The van der Waals surface area contributed by atoms with Gasteiger partial charge in [0.15, 0.2) is 0 Å². The zero-order valence-corrected chi connectivity index (χ0v) is 8.48. The van der Waals surface area contributed by atoms with Gasteiger partial charge in [-0.3, -0.25) is 10.1 Å². The van der Waals surface area contributed by atoms with E-state index in [1.807, 2.05) is 0 Å². The van der Waals surface area contributed by atoms with Crippen molar-refractivity contribution in [1.82, 2.24) is 9.55 Å². The van der Waals surface area contributed by atoms with Crippen molar-refractivity contribution in [3.63, 3.8) is 0 Å². The Morgan fingerprint density at radius 3 is 2.47 bits per heavy atom. The van der Waals surface area contributed by atoms with E-state index >= 15 is 0 Å². The highest BCUT2D eigenvalue weighted by atomic mass is 16.6. The number of nitro groups is 1. The minimum Gasteiger partial charge on any atom is -0.464 e. The molecular formula is C10H7N3O4. The number of aromatic nitrogens is 2. The Morgan fingerprint density at radius 2 is 2.00 bits per heavy atom. The maximum Gasteiger partial charge on any atom is 0.416 e. The van der Waals surface area contributed by atoms with Crippen molar-refractivity contribution in [2.75, 3.05) is 0 Å². The molecule has 0 radical (unpaired) electrons. The van der Waals surface area contributed by atoms with Gasteiger partial charge < -0.3 is 5.11 Å². The van der Waals surface area contributed by atoms with Gasteiger partial charge in [-0.2, -0.15) is 0 Å². The van der Waals surface area contributed by atoms with E-state index in [2.05, 4.69) is 4.98 Å². The zero-order chi connectivity index (χ0) is 12.4. The second kappa shape index (κ2) is 4.05. The Balaban J connectivity index is 2.33. The van der Waals surface area contributed by atoms with E-state index < -0.39 is 11.0 Å². The molecule has 0 saturated carbocycles. The van der Waals surface area contributed by atoms with Crippen LogP contribution >= 0.6 is 0 Å². The number of hydrogen-bond acceptors (Lipinski definition) is 4. The topological polar surface area (TPSA) is 98.3 Å². The number of non-ortho nitro benzene ring substituents is 1. The molecular weight excluding hydrogens is 226 g/mol. The second-order valence-corrected chi connectivity index (χ2v) is 3.25. The lowest BCUT2D eigenvalue weighted by molar-refractivity contribution is -0.384. The molecule has 7 heteroatoms. The zero-order valence-electron chi connectivity index (χ0n) is 8.48. The van der Waals surface area contributed by atoms with Gasteiger partial charge in [0.2, 0.25) is 0 Å². The van der Waals surface area contributed by atoms with E-state index in [0.29, 0.717) is 11.3 Å². The normalized spacial score (nSPS) is 10.1. The van der Waals surface area contributed by atoms with Crippen LogP contribution in [0.15, 0.2) is 36.8 Å². The molecule has 1 aromatic heterocycles. The lowest BCUT2D eigenvalue weighted by Crippen LogP contribution is -2.03. The van der Waals surface area contributed by atoms with Crippen molar-refractivity contribution in [3.05, 3.63) is 46.9 Å². The Kier molecular flexibility index (Phi) is 2.57. The van der Waals surface area contributed by atoms with Crippen LogP contribution in [0.5, 0.6) is 0 Å². The summed E-state index contributed by atoms with van der Waals surface area (Å²) in [6.45, 7) is 0. The highest BCUT2D eigenvalue weighted by Crippen LogP contribution is 2.20. The molecule has 0 spiro atoms. The lowest BCUT2D eigenvalue weighted by Gasteiger charge is -1.95. The first kappa shape index (κ1) is 10.8. The van der Waals surface area contributed by atoms with Crippen LogP contribution in [0, 0.1) is 10.1 Å². The van der Waals surface area contributed by atoms with E-state index in [4.69, 9.17) is 5.11 Å². The molecule has 0 aliphatic rings. The van der Waals surface area contributed by atoms with Gasteiger partial charge in [-0.15, -0.1) is 0 Å². The van der Waals surface area contributed by atoms with E-state index in [1.165, 1.54) is 36.8 Å². The number of rotatable bonds is 2. The van der Waals surface area contributed by atoms with Gasteiger partial charge in [-0.1, -0.05) is 0 Å². The highest BCUT2D eigenvalue weighted by Gasteiger charge is 2.08. The van der Waals surface area contributed by atoms with Crippen LogP contribution in [0.4, 0.5) is 10.5 Å². The quantitative estimate of drug-likeness (QED) is 0.631. The molecule has 2 aromatic rings. The summed E-state index contributed by atoms with van der Waals surface area (Å²) in [5, 5.41) is 19.1. The van der Waals surface area contributed by atoms with Gasteiger partial charge in [0, 0.05) is 23.9 Å². The largest absolute Gasteiger partial charge is 0.464 e. The van der Waals surface area contributed by atoms with Crippen molar-refractivity contribution < 1.29 is 14.8 Å². The molecule has 0 amide bonds. The molecule has 86 valence electrons. The molecule has 1 aromatic carbocycles. The summed E-state index contributed by atoms with van der Waals surface area (Å²) in [5.74, 6) is 0. The number of imidazole rings is 1. The summed E-state index contributed by atoms with van der Waals surface area (Å²) in [7, 11) is 0. The summed E-state index contributed by atoms with van der Waals surface area (Å²) in [4.78, 5) is 24.5. The molecule has 0 aliphatic carbocycles. The average Bonchev–Trinajstić information content (AvgIpc) is 2.78. The summed E-state index contributed by atoms with van der Waals surface area (Å²) >= 11 is 0. The van der Waals surface area contributed by atoms with Crippen LogP contribution in [-0.4, -0.2) is 25.7 Å². The van der Waals surface area contributed by atoms with E-state index in [1.54, 1.807) is 0 Å². The molecule has 0 atom stereocenters. The van der Waals surface area contributed by atoms with Gasteiger partial charge >= 0.3 is 6.09 Å². The molecule has 0 unspecified atom stereocenters. The smallest absolute Gasteiger partial charge is 0.416 e. The third-order valence-corrected chi connectivity index (χ3v) is 2.18. The molecule has 17 heavy (non-hydrogen) atoms. The number of benzene rings is 1. The van der Waals surface area contributed by atoms with Gasteiger partial charge in [0.1, 0.15) is 6.33 Å². The SMILES string of the molecule is O=C(O)n1cnc(-c2ccc([N+](=O)[O-])cc2)c1. The molecule has 0 aliphatic heterocycles. The van der Waals surface area contributed by atoms with Crippen LogP contribution in [-0.2, 0) is 0 Å². The van der Waals surface area contributed by atoms with Crippen LogP contribution in [0.2, 0.25) is 0 Å². The first-order chi connectivity index (χ1) is 8.08. The number of carboxylic acid groups (broad SMARTS) is 1. The summed E-state index contributed by atoms with van der Waals surface area (Å²) < 4.78 is 0.913. The predicted octanol–water partition coefficient (Wildman–Crippen LogP) is 1.98. The highest BCUT2D eigenvalue weighted by molar-refractivity contribution is 5.70. The third kappa shape index (κ3) is 2.12. The van der Waals surface area contributed by atoms with Gasteiger partial charge in [-0.05, 0) is 12.1 Å². The van der Waals surface area contributed by atoms with E-state index in [-0.39, 0.29) is 5.69 Å². The Hall–Kier alpha value is -2.70. The van der Waals surface area contributed by atoms with Crippen molar-refractivity contribution in [3.8, 4) is 11.3 Å². The summed E-state index contributed by atoms with van der Waals surface area (Å²) in [6, 6.07) is 5.73.